The van der Waals surface area contributed by atoms with E-state index in [1.165, 1.54) is 6.07 Å². The molecule has 0 aliphatic carbocycles. The smallest absolute Gasteiger partial charge is 0.292 e. The minimum atomic E-state index is -0.834. The number of hydrogen-bond donors (Lipinski definition) is 2. The lowest BCUT2D eigenvalue weighted by molar-refractivity contribution is -0.117. The number of nitrogens with one attached hydrogen (secondary N) is 2. The van der Waals surface area contributed by atoms with E-state index in [1.807, 2.05) is 12.1 Å². The zero-order chi connectivity index (χ0) is 19.6. The standard InChI is InChI=1S/C20H18F2N2O3/c1-11(10-27-17-8-7-13(21)9-15(17)22)23-20(26)19(25)18-12(2)24-16-6-4-3-5-14(16)18/h3-9,11,24H,10H2,1-2H3,(H,23,26). The Balaban J connectivity index is 1.65. The van der Waals surface area contributed by atoms with E-state index in [4.69, 9.17) is 4.74 Å². The number of ether oxygens (including phenoxy) is 1. The highest BCUT2D eigenvalue weighted by molar-refractivity contribution is 6.45. The third kappa shape index (κ3) is 3.97. The number of hydrogen-bond acceptors (Lipinski definition) is 3. The zero-order valence-corrected chi connectivity index (χ0v) is 14.8. The van der Waals surface area contributed by atoms with E-state index in [-0.39, 0.29) is 12.4 Å². The Hall–Kier alpha value is -3.22. The van der Waals surface area contributed by atoms with Gasteiger partial charge in [-0.2, -0.15) is 0 Å². The van der Waals surface area contributed by atoms with Crippen LogP contribution >= 0.6 is 0 Å². The lowest BCUT2D eigenvalue weighted by Crippen LogP contribution is -2.41. The van der Waals surface area contributed by atoms with Crippen molar-refractivity contribution in [3.05, 3.63) is 65.4 Å². The fourth-order valence-electron chi connectivity index (χ4n) is 2.82. The molecule has 1 aromatic heterocycles. The van der Waals surface area contributed by atoms with E-state index in [1.54, 1.807) is 26.0 Å². The van der Waals surface area contributed by atoms with Crippen molar-refractivity contribution in [1.29, 1.82) is 0 Å². The van der Waals surface area contributed by atoms with Crippen LogP contribution in [0.2, 0.25) is 0 Å². The molecule has 1 heterocycles. The molecule has 2 aromatic carbocycles. The normalized spacial score (nSPS) is 12.0. The number of H-pyrrole nitrogens is 1. The molecule has 0 saturated heterocycles. The molecule has 0 fully saturated rings. The van der Waals surface area contributed by atoms with Crippen molar-refractivity contribution < 1.29 is 23.1 Å². The molecular weight excluding hydrogens is 354 g/mol. The van der Waals surface area contributed by atoms with Gasteiger partial charge in [-0.25, -0.2) is 8.78 Å². The van der Waals surface area contributed by atoms with Gasteiger partial charge in [0.15, 0.2) is 11.6 Å². The molecule has 3 rings (SSSR count). The third-order valence-electron chi connectivity index (χ3n) is 4.09. The summed E-state index contributed by atoms with van der Waals surface area (Å²) in [7, 11) is 0. The molecule has 5 nitrogen and oxygen atoms in total. The van der Waals surface area contributed by atoms with Gasteiger partial charge in [0, 0.05) is 22.7 Å². The first-order chi connectivity index (χ1) is 12.9. The summed E-state index contributed by atoms with van der Waals surface area (Å²) in [4.78, 5) is 28.0. The van der Waals surface area contributed by atoms with Crippen molar-refractivity contribution in [2.24, 2.45) is 0 Å². The van der Waals surface area contributed by atoms with Crippen molar-refractivity contribution in [2.75, 3.05) is 6.61 Å². The van der Waals surface area contributed by atoms with Crippen LogP contribution in [0.1, 0.15) is 23.0 Å². The van der Waals surface area contributed by atoms with Crippen LogP contribution in [-0.4, -0.2) is 29.3 Å². The number of ketones is 1. The molecule has 7 heteroatoms. The fraction of sp³-hybridized carbons (Fsp3) is 0.200. The summed E-state index contributed by atoms with van der Waals surface area (Å²) >= 11 is 0. The van der Waals surface area contributed by atoms with Crippen LogP contribution in [0.3, 0.4) is 0 Å². The Labute approximate surface area is 154 Å². The molecule has 27 heavy (non-hydrogen) atoms. The monoisotopic (exact) mass is 372 g/mol. The van der Waals surface area contributed by atoms with Gasteiger partial charge >= 0.3 is 0 Å². The summed E-state index contributed by atoms with van der Waals surface area (Å²) in [6.07, 6.45) is 0. The van der Waals surface area contributed by atoms with Crippen molar-refractivity contribution in [3.8, 4) is 5.75 Å². The van der Waals surface area contributed by atoms with E-state index >= 15 is 0 Å². The summed E-state index contributed by atoms with van der Waals surface area (Å²) in [5, 5.41) is 3.21. The number of halogens is 2. The van der Waals surface area contributed by atoms with Crippen molar-refractivity contribution in [3.63, 3.8) is 0 Å². The minimum Gasteiger partial charge on any atom is -0.488 e. The SMILES string of the molecule is Cc1[nH]c2ccccc2c1C(=O)C(=O)NC(C)COc1ccc(F)cc1F. The van der Waals surface area contributed by atoms with E-state index < -0.39 is 29.4 Å². The molecule has 1 atom stereocenters. The van der Waals surface area contributed by atoms with Gasteiger partial charge in [-0.3, -0.25) is 9.59 Å². The minimum absolute atomic E-state index is 0.0750. The summed E-state index contributed by atoms with van der Waals surface area (Å²) in [5.41, 5.74) is 1.70. The Morgan fingerprint density at radius 2 is 1.93 bits per heavy atom. The van der Waals surface area contributed by atoms with Crippen LogP contribution < -0.4 is 10.1 Å². The number of carbonyl (C=O) groups excluding carboxylic acids is 2. The molecule has 3 aromatic rings. The van der Waals surface area contributed by atoms with E-state index in [9.17, 15) is 18.4 Å². The van der Waals surface area contributed by atoms with Gasteiger partial charge in [0.05, 0.1) is 11.6 Å². The van der Waals surface area contributed by atoms with Crippen LogP contribution in [0.15, 0.2) is 42.5 Å². The van der Waals surface area contributed by atoms with Gasteiger partial charge in [0.1, 0.15) is 12.4 Å². The van der Waals surface area contributed by atoms with Crippen LogP contribution in [0.4, 0.5) is 8.78 Å². The maximum atomic E-state index is 13.6. The quantitative estimate of drug-likeness (QED) is 0.514. The Bertz CT molecular complexity index is 1010. The molecule has 1 amide bonds. The largest absolute Gasteiger partial charge is 0.488 e. The Kier molecular flexibility index (Phi) is 5.21. The van der Waals surface area contributed by atoms with Crippen molar-refractivity contribution in [1.82, 2.24) is 10.3 Å². The van der Waals surface area contributed by atoms with E-state index in [2.05, 4.69) is 10.3 Å². The number of aromatic nitrogens is 1. The predicted molar refractivity (Wildman–Crippen MR) is 96.8 cm³/mol. The average molecular weight is 372 g/mol. The third-order valence-corrected chi connectivity index (χ3v) is 4.09. The first-order valence-corrected chi connectivity index (χ1v) is 8.37. The number of Topliss-reactive ketones (excluding diaryl/α,β-unsaturated/α-hetero) is 1. The van der Waals surface area contributed by atoms with Gasteiger partial charge in [-0.05, 0) is 32.0 Å². The number of benzene rings is 2. The fourth-order valence-corrected chi connectivity index (χ4v) is 2.82. The molecule has 0 saturated carbocycles. The van der Waals surface area contributed by atoms with Gasteiger partial charge in [0.25, 0.3) is 11.7 Å². The summed E-state index contributed by atoms with van der Waals surface area (Å²) < 4.78 is 31.7. The second kappa shape index (κ2) is 7.57. The Morgan fingerprint density at radius 3 is 2.67 bits per heavy atom. The lowest BCUT2D eigenvalue weighted by Gasteiger charge is -2.15. The van der Waals surface area contributed by atoms with Crippen molar-refractivity contribution >= 4 is 22.6 Å². The summed E-state index contributed by atoms with van der Waals surface area (Å²) in [6.45, 7) is 3.27. The van der Waals surface area contributed by atoms with Crippen LogP contribution in [0, 0.1) is 18.6 Å². The molecule has 0 bridgehead atoms. The molecule has 0 radical (unpaired) electrons. The highest BCUT2D eigenvalue weighted by Gasteiger charge is 2.23. The van der Waals surface area contributed by atoms with Crippen LogP contribution in [0.5, 0.6) is 5.75 Å². The highest BCUT2D eigenvalue weighted by Crippen LogP contribution is 2.22. The van der Waals surface area contributed by atoms with Crippen LogP contribution in [0.25, 0.3) is 10.9 Å². The number of carbonyl (C=O) groups is 2. The topological polar surface area (TPSA) is 71.2 Å². The lowest BCUT2D eigenvalue weighted by atomic mass is 10.1. The Morgan fingerprint density at radius 1 is 1.19 bits per heavy atom. The maximum Gasteiger partial charge on any atom is 0.292 e. The van der Waals surface area contributed by atoms with Crippen molar-refractivity contribution in [2.45, 2.75) is 19.9 Å². The molecule has 1 unspecified atom stereocenters. The number of fused-ring (bicyclic) bond motifs is 1. The van der Waals surface area contributed by atoms with E-state index in [0.717, 1.165) is 11.6 Å². The number of amides is 1. The number of aryl methyl sites for hydroxylation is 1. The summed E-state index contributed by atoms with van der Waals surface area (Å²) in [6, 6.07) is 9.61. The number of para-hydroxylation sites is 1. The second-order valence-corrected chi connectivity index (χ2v) is 6.26. The van der Waals surface area contributed by atoms with Gasteiger partial charge < -0.3 is 15.0 Å². The first-order valence-electron chi connectivity index (χ1n) is 8.37. The number of aromatic amines is 1. The molecule has 0 aliphatic rings. The second-order valence-electron chi connectivity index (χ2n) is 6.26. The van der Waals surface area contributed by atoms with Gasteiger partial charge in [0.2, 0.25) is 0 Å². The predicted octanol–water partition coefficient (Wildman–Crippen LogP) is 3.52. The summed E-state index contributed by atoms with van der Waals surface area (Å²) in [5.74, 6) is -3.11. The van der Waals surface area contributed by atoms with Gasteiger partial charge in [-0.15, -0.1) is 0 Å². The zero-order valence-electron chi connectivity index (χ0n) is 14.8. The maximum absolute atomic E-state index is 13.6. The molecular formula is C20H18F2N2O3. The molecule has 0 spiro atoms. The molecule has 2 N–H and O–H groups in total. The number of rotatable bonds is 6. The average Bonchev–Trinajstić information content (AvgIpc) is 2.96. The first kappa shape index (κ1) is 18.6. The van der Waals surface area contributed by atoms with E-state index in [0.29, 0.717) is 22.7 Å². The van der Waals surface area contributed by atoms with Gasteiger partial charge in [-0.1, -0.05) is 18.2 Å². The highest BCUT2D eigenvalue weighted by atomic mass is 19.1. The molecule has 0 aliphatic heterocycles. The molecule has 140 valence electrons. The van der Waals surface area contributed by atoms with Crippen LogP contribution in [-0.2, 0) is 4.79 Å².